The van der Waals surface area contributed by atoms with Crippen molar-refractivity contribution in [2.75, 3.05) is 29.9 Å². The number of nitrogens with zero attached hydrogens (tertiary/aromatic N) is 1. The lowest BCUT2D eigenvalue weighted by Crippen LogP contribution is -2.32. The summed E-state index contributed by atoms with van der Waals surface area (Å²) in [5, 5.41) is 12.3. The highest BCUT2D eigenvalue weighted by molar-refractivity contribution is 5.95. The van der Waals surface area contributed by atoms with Gasteiger partial charge in [0.2, 0.25) is 5.91 Å². The highest BCUT2D eigenvalue weighted by Gasteiger charge is 2.19. The van der Waals surface area contributed by atoms with Gasteiger partial charge in [-0.1, -0.05) is 52.8 Å². The molecule has 1 amide bonds. The zero-order valence-electron chi connectivity index (χ0n) is 21.4. The van der Waals surface area contributed by atoms with Crippen LogP contribution in [0.4, 0.5) is 11.4 Å². The van der Waals surface area contributed by atoms with Crippen LogP contribution in [0.25, 0.3) is 0 Å². The molecule has 186 valence electrons. The van der Waals surface area contributed by atoms with Crippen molar-refractivity contribution in [3.05, 3.63) is 53.6 Å². The molecule has 6 heteroatoms. The second-order valence-corrected chi connectivity index (χ2v) is 9.77. The summed E-state index contributed by atoms with van der Waals surface area (Å²) in [6.07, 6.45) is 0.287. The van der Waals surface area contributed by atoms with Crippen molar-refractivity contribution in [1.29, 1.82) is 0 Å². The van der Waals surface area contributed by atoms with Crippen LogP contribution in [0.15, 0.2) is 42.5 Å². The normalized spacial score (nSPS) is 12.0. The summed E-state index contributed by atoms with van der Waals surface area (Å²) in [6, 6.07) is 13.5. The molecule has 0 saturated heterocycles. The summed E-state index contributed by atoms with van der Waals surface area (Å²) in [5.74, 6) is 0.596. The molecule has 0 bridgehead atoms. The molecule has 0 aliphatic heterocycles. The molecule has 0 aliphatic rings. The fourth-order valence-electron chi connectivity index (χ4n) is 4.02. The molecule has 2 aromatic carbocycles. The van der Waals surface area contributed by atoms with Crippen molar-refractivity contribution < 1.29 is 19.4 Å². The van der Waals surface area contributed by atoms with Crippen LogP contribution < -0.4 is 15.0 Å². The van der Waals surface area contributed by atoms with Crippen molar-refractivity contribution >= 4 is 23.3 Å². The zero-order chi connectivity index (χ0) is 25.3. The molecule has 2 aromatic rings. The van der Waals surface area contributed by atoms with E-state index in [0.717, 1.165) is 41.3 Å². The average Bonchev–Trinajstić information content (AvgIpc) is 2.73. The number of benzene rings is 2. The van der Waals surface area contributed by atoms with Crippen molar-refractivity contribution in [2.24, 2.45) is 11.8 Å². The summed E-state index contributed by atoms with van der Waals surface area (Å²) < 4.78 is 5.48. The molecule has 6 nitrogen and oxygen atoms in total. The van der Waals surface area contributed by atoms with Gasteiger partial charge in [-0.2, -0.15) is 0 Å². The lowest BCUT2D eigenvalue weighted by atomic mass is 9.96. The molecule has 0 aromatic heterocycles. The Kier molecular flexibility index (Phi) is 10.4. The van der Waals surface area contributed by atoms with E-state index in [-0.39, 0.29) is 24.7 Å². The van der Waals surface area contributed by atoms with Gasteiger partial charge in [0.05, 0.1) is 30.8 Å². The van der Waals surface area contributed by atoms with Crippen LogP contribution in [-0.4, -0.2) is 36.7 Å². The molecule has 0 saturated carbocycles. The number of carboxylic acids is 1. The molecule has 1 atom stereocenters. The van der Waals surface area contributed by atoms with Crippen molar-refractivity contribution in [1.82, 2.24) is 0 Å². The molecule has 0 heterocycles. The average molecular weight is 469 g/mol. The fraction of sp³-hybridized carbons (Fsp3) is 0.500. The molecule has 0 fully saturated rings. The third-order valence-corrected chi connectivity index (χ3v) is 5.46. The van der Waals surface area contributed by atoms with E-state index in [1.54, 1.807) is 0 Å². The Morgan fingerprint density at radius 2 is 1.59 bits per heavy atom. The molecule has 0 aliphatic carbocycles. The monoisotopic (exact) mass is 468 g/mol. The summed E-state index contributed by atoms with van der Waals surface area (Å²) in [6.45, 7) is 14.9. The van der Waals surface area contributed by atoms with Crippen LogP contribution in [0, 0.1) is 11.8 Å². The van der Waals surface area contributed by atoms with Crippen LogP contribution in [0.1, 0.15) is 65.0 Å². The van der Waals surface area contributed by atoms with Gasteiger partial charge in [0.15, 0.2) is 0 Å². The van der Waals surface area contributed by atoms with Crippen LogP contribution in [0.3, 0.4) is 0 Å². The molecule has 1 unspecified atom stereocenters. The number of carbonyl (C=O) groups excluding carboxylic acids is 1. The molecule has 0 spiro atoms. The van der Waals surface area contributed by atoms with E-state index < -0.39 is 5.97 Å². The number of hydrogen-bond donors (Lipinski definition) is 2. The van der Waals surface area contributed by atoms with Gasteiger partial charge in [-0.3, -0.25) is 9.59 Å². The van der Waals surface area contributed by atoms with Gasteiger partial charge >= 0.3 is 5.97 Å². The number of ether oxygens (including phenoxy) is 1. The van der Waals surface area contributed by atoms with Crippen molar-refractivity contribution in [3.63, 3.8) is 0 Å². The maximum absolute atomic E-state index is 13.0. The number of carbonyl (C=O) groups is 2. The Hall–Kier alpha value is -3.02. The predicted molar refractivity (Wildman–Crippen MR) is 139 cm³/mol. The molecule has 0 radical (unpaired) electrons. The van der Waals surface area contributed by atoms with Gasteiger partial charge in [0.1, 0.15) is 5.75 Å². The topological polar surface area (TPSA) is 78.9 Å². The third kappa shape index (κ3) is 8.73. The van der Waals surface area contributed by atoms with Crippen molar-refractivity contribution in [2.45, 2.75) is 60.3 Å². The number of anilines is 2. The van der Waals surface area contributed by atoms with E-state index in [1.807, 2.05) is 56.3 Å². The Morgan fingerprint density at radius 1 is 0.971 bits per heavy atom. The summed E-state index contributed by atoms with van der Waals surface area (Å²) >= 11 is 0. The van der Waals surface area contributed by atoms with Gasteiger partial charge in [-0.15, -0.1) is 0 Å². The minimum Gasteiger partial charge on any atom is -0.494 e. The summed E-state index contributed by atoms with van der Waals surface area (Å²) in [4.78, 5) is 26.6. The van der Waals surface area contributed by atoms with E-state index in [4.69, 9.17) is 4.74 Å². The minimum atomic E-state index is -0.834. The first kappa shape index (κ1) is 27.2. The lowest BCUT2D eigenvalue weighted by Gasteiger charge is -2.31. The van der Waals surface area contributed by atoms with E-state index >= 15 is 0 Å². The number of carboxylic acid groups (broad SMARTS) is 1. The first-order valence-electron chi connectivity index (χ1n) is 12.2. The second kappa shape index (κ2) is 13.0. The molecule has 2 N–H and O–H groups in total. The Bertz CT molecular complexity index is 928. The minimum absolute atomic E-state index is 0.0423. The maximum atomic E-state index is 13.0. The Labute approximate surface area is 204 Å². The van der Waals surface area contributed by atoms with E-state index in [1.165, 1.54) is 0 Å². The first-order chi connectivity index (χ1) is 16.1. The van der Waals surface area contributed by atoms with Crippen LogP contribution in [0.2, 0.25) is 0 Å². The Morgan fingerprint density at radius 3 is 2.12 bits per heavy atom. The highest BCUT2D eigenvalue weighted by Crippen LogP contribution is 2.32. The van der Waals surface area contributed by atoms with Gasteiger partial charge in [-0.05, 0) is 60.1 Å². The van der Waals surface area contributed by atoms with Gasteiger partial charge in [-0.25, -0.2) is 0 Å². The van der Waals surface area contributed by atoms with E-state index in [9.17, 15) is 14.7 Å². The zero-order valence-corrected chi connectivity index (χ0v) is 21.4. The van der Waals surface area contributed by atoms with Gasteiger partial charge in [0, 0.05) is 13.1 Å². The molecule has 2 rings (SSSR count). The predicted octanol–water partition coefficient (Wildman–Crippen LogP) is 5.96. The molecule has 34 heavy (non-hydrogen) atoms. The van der Waals surface area contributed by atoms with Crippen LogP contribution >= 0.6 is 0 Å². The van der Waals surface area contributed by atoms with Crippen LogP contribution in [-0.2, 0) is 16.0 Å². The van der Waals surface area contributed by atoms with Crippen molar-refractivity contribution in [3.8, 4) is 5.75 Å². The number of aliphatic carboxylic acids is 1. The standard InChI is InChI=1S/C28H40N2O4/c1-7-34-24-11-8-22(9-12-24)15-27(31)29-25-16-23(21(6)14-28(32)33)10-13-26(25)30(17-19(2)3)18-20(4)5/h8-13,16,19-21H,7,14-15,17-18H2,1-6H3,(H,29,31)(H,32,33). The fourth-order valence-corrected chi connectivity index (χ4v) is 4.02. The van der Waals surface area contributed by atoms with E-state index in [0.29, 0.717) is 18.4 Å². The number of nitrogens with one attached hydrogen (secondary N) is 1. The lowest BCUT2D eigenvalue weighted by molar-refractivity contribution is -0.137. The van der Waals surface area contributed by atoms with Crippen LogP contribution in [0.5, 0.6) is 5.75 Å². The molecular formula is C28H40N2O4. The SMILES string of the molecule is CCOc1ccc(CC(=O)Nc2cc(C(C)CC(=O)O)ccc2N(CC(C)C)CC(C)C)cc1. The largest absolute Gasteiger partial charge is 0.494 e. The second-order valence-electron chi connectivity index (χ2n) is 9.77. The number of amides is 1. The molecular weight excluding hydrogens is 428 g/mol. The third-order valence-electron chi connectivity index (χ3n) is 5.46. The smallest absolute Gasteiger partial charge is 0.303 e. The van der Waals surface area contributed by atoms with Gasteiger partial charge in [0.25, 0.3) is 0 Å². The summed E-state index contributed by atoms with van der Waals surface area (Å²) in [5.41, 5.74) is 3.50. The number of rotatable bonds is 13. The highest BCUT2D eigenvalue weighted by atomic mass is 16.5. The quantitative estimate of drug-likeness (QED) is 0.379. The van der Waals surface area contributed by atoms with Gasteiger partial charge < -0.3 is 20.1 Å². The first-order valence-corrected chi connectivity index (χ1v) is 12.2. The maximum Gasteiger partial charge on any atom is 0.303 e. The number of hydrogen-bond acceptors (Lipinski definition) is 4. The Balaban J connectivity index is 2.33. The summed E-state index contributed by atoms with van der Waals surface area (Å²) in [7, 11) is 0. The van der Waals surface area contributed by atoms with E-state index in [2.05, 4.69) is 37.9 Å².